The summed E-state index contributed by atoms with van der Waals surface area (Å²) in [4.78, 5) is 8.76. The Morgan fingerprint density at radius 2 is 2.20 bits per heavy atom. The fourth-order valence-electron chi connectivity index (χ4n) is 3.80. The van der Waals surface area contributed by atoms with Crippen molar-refractivity contribution in [2.45, 2.75) is 32.4 Å². The second kappa shape index (κ2) is 9.27. The molecule has 4 rings (SSSR count). The smallest absolute Gasteiger partial charge is 0.222 e. The van der Waals surface area contributed by atoms with Crippen LogP contribution in [-0.2, 0) is 6.54 Å². The van der Waals surface area contributed by atoms with Gasteiger partial charge < -0.3 is 26.4 Å². The van der Waals surface area contributed by atoms with Gasteiger partial charge in [0, 0.05) is 37.8 Å². The third-order valence-electron chi connectivity index (χ3n) is 5.40. The lowest BCUT2D eigenvalue weighted by Crippen LogP contribution is -2.42. The molecule has 9 nitrogen and oxygen atoms in total. The molecule has 0 spiro atoms. The van der Waals surface area contributed by atoms with E-state index in [0.29, 0.717) is 6.54 Å². The summed E-state index contributed by atoms with van der Waals surface area (Å²) in [5.41, 5.74) is 9.74. The highest BCUT2D eigenvalue weighted by atomic mass is 16.5. The molecule has 160 valence electrons. The van der Waals surface area contributed by atoms with Gasteiger partial charge in [-0.25, -0.2) is 4.98 Å². The van der Waals surface area contributed by atoms with E-state index in [1.807, 2.05) is 4.68 Å². The number of benzene rings is 1. The zero-order valence-corrected chi connectivity index (χ0v) is 17.6. The van der Waals surface area contributed by atoms with Crippen LogP contribution >= 0.6 is 0 Å². The van der Waals surface area contributed by atoms with E-state index >= 15 is 0 Å². The molecule has 9 heteroatoms. The topological polar surface area (TPSA) is 115 Å². The van der Waals surface area contributed by atoms with Crippen LogP contribution in [0.3, 0.4) is 0 Å². The predicted molar refractivity (Wildman–Crippen MR) is 119 cm³/mol. The van der Waals surface area contributed by atoms with Crippen molar-refractivity contribution < 1.29 is 4.74 Å². The second-order valence-electron chi connectivity index (χ2n) is 7.53. The molecule has 30 heavy (non-hydrogen) atoms. The highest BCUT2D eigenvalue weighted by molar-refractivity contribution is 5.86. The number of anilines is 2. The number of nitrogens with zero attached hydrogens (tertiary/aromatic N) is 4. The van der Waals surface area contributed by atoms with E-state index in [1.165, 1.54) is 5.56 Å². The summed E-state index contributed by atoms with van der Waals surface area (Å²) >= 11 is 0. The first-order valence-electron chi connectivity index (χ1n) is 10.5. The van der Waals surface area contributed by atoms with Crippen molar-refractivity contribution >= 4 is 22.8 Å². The fourth-order valence-corrected chi connectivity index (χ4v) is 3.80. The van der Waals surface area contributed by atoms with Gasteiger partial charge in [0.05, 0.1) is 19.9 Å². The van der Waals surface area contributed by atoms with Crippen LogP contribution in [0.1, 0.15) is 36.9 Å². The maximum absolute atomic E-state index is 5.89. The third-order valence-corrected chi connectivity index (χ3v) is 5.40. The van der Waals surface area contributed by atoms with E-state index in [9.17, 15) is 0 Å². The molecule has 1 aliphatic heterocycles. The maximum atomic E-state index is 5.89. The van der Waals surface area contributed by atoms with Gasteiger partial charge in [-0.2, -0.15) is 10.1 Å². The Labute approximate surface area is 176 Å². The molecule has 0 saturated carbocycles. The molecule has 0 aliphatic carbocycles. The van der Waals surface area contributed by atoms with Crippen molar-refractivity contribution in [3.8, 4) is 5.75 Å². The quantitative estimate of drug-likeness (QED) is 0.416. The second-order valence-corrected chi connectivity index (χ2v) is 7.53. The first-order valence-corrected chi connectivity index (χ1v) is 10.5. The van der Waals surface area contributed by atoms with Gasteiger partial charge in [-0.15, -0.1) is 0 Å². The Kier molecular flexibility index (Phi) is 6.29. The first-order chi connectivity index (χ1) is 14.7. The first kappa shape index (κ1) is 20.4. The van der Waals surface area contributed by atoms with E-state index in [-0.39, 0.29) is 12.0 Å². The van der Waals surface area contributed by atoms with Crippen LogP contribution in [-0.4, -0.2) is 53.0 Å². The lowest BCUT2D eigenvalue weighted by molar-refractivity contribution is 0.401. The number of hydrogen-bond donors (Lipinski definition) is 4. The number of nitrogens with one attached hydrogen (secondary N) is 3. The van der Waals surface area contributed by atoms with Gasteiger partial charge in [-0.05, 0) is 18.1 Å². The number of aromatic nitrogens is 4. The Bertz CT molecular complexity index is 996. The van der Waals surface area contributed by atoms with Crippen LogP contribution in [0.4, 0.5) is 11.8 Å². The summed E-state index contributed by atoms with van der Waals surface area (Å²) in [7, 11) is 1.71. The van der Waals surface area contributed by atoms with Crippen LogP contribution in [0.5, 0.6) is 5.75 Å². The van der Waals surface area contributed by atoms with Gasteiger partial charge >= 0.3 is 0 Å². The van der Waals surface area contributed by atoms with E-state index in [1.54, 1.807) is 13.3 Å². The summed E-state index contributed by atoms with van der Waals surface area (Å²) in [6.45, 7) is 6.42. The van der Waals surface area contributed by atoms with Gasteiger partial charge in [0.2, 0.25) is 5.95 Å². The number of piperazine rings is 1. The average molecular weight is 411 g/mol. The highest BCUT2D eigenvalue weighted by Gasteiger charge is 2.18. The summed E-state index contributed by atoms with van der Waals surface area (Å²) in [5, 5.41) is 14.9. The average Bonchev–Trinajstić information content (AvgIpc) is 3.17. The van der Waals surface area contributed by atoms with Crippen molar-refractivity contribution in [3.05, 3.63) is 35.5 Å². The number of nitrogens with two attached hydrogens (primary N) is 1. The number of unbranched alkanes of at least 4 members (excludes halogenated alkanes) is 1. The number of nitrogen functional groups attached to an aromatic ring is 1. The zero-order valence-electron chi connectivity index (χ0n) is 17.6. The molecule has 1 atom stereocenters. The van der Waals surface area contributed by atoms with Crippen LogP contribution in [0, 0.1) is 0 Å². The SMILES string of the molecule is CCCCNc1nc(N)nc2cnn(Cc3ccc(C4CNCCN4)cc3OC)c12. The molecule has 0 amide bonds. The molecule has 1 aliphatic rings. The largest absolute Gasteiger partial charge is 0.496 e. The predicted octanol–water partition coefficient (Wildman–Crippen LogP) is 1.91. The van der Waals surface area contributed by atoms with Gasteiger partial charge in [0.25, 0.3) is 0 Å². The Hall–Kier alpha value is -2.91. The number of fused-ring (bicyclic) bond motifs is 1. The van der Waals surface area contributed by atoms with E-state index in [2.05, 4.69) is 56.1 Å². The zero-order chi connectivity index (χ0) is 20.9. The van der Waals surface area contributed by atoms with Gasteiger partial charge in [0.15, 0.2) is 5.82 Å². The maximum Gasteiger partial charge on any atom is 0.222 e. The van der Waals surface area contributed by atoms with Crippen LogP contribution in [0.2, 0.25) is 0 Å². The minimum atomic E-state index is 0.247. The lowest BCUT2D eigenvalue weighted by atomic mass is 10.0. The number of ether oxygens (including phenoxy) is 1. The fraction of sp³-hybridized carbons (Fsp3) is 0.476. The number of rotatable bonds is 8. The Balaban J connectivity index is 1.63. The molecule has 3 aromatic rings. The van der Waals surface area contributed by atoms with E-state index in [0.717, 1.165) is 67.2 Å². The Morgan fingerprint density at radius 1 is 1.30 bits per heavy atom. The molecule has 0 radical (unpaired) electrons. The molecule has 5 N–H and O–H groups in total. The minimum Gasteiger partial charge on any atom is -0.496 e. The van der Waals surface area contributed by atoms with Crippen LogP contribution in [0.15, 0.2) is 24.4 Å². The molecule has 1 aromatic carbocycles. The van der Waals surface area contributed by atoms with Crippen LogP contribution in [0.25, 0.3) is 11.0 Å². The van der Waals surface area contributed by atoms with Crippen molar-refractivity contribution in [3.63, 3.8) is 0 Å². The summed E-state index contributed by atoms with van der Waals surface area (Å²) < 4.78 is 7.61. The summed E-state index contributed by atoms with van der Waals surface area (Å²) in [5.74, 6) is 1.81. The molecule has 1 fully saturated rings. The highest BCUT2D eigenvalue weighted by Crippen LogP contribution is 2.27. The summed E-state index contributed by atoms with van der Waals surface area (Å²) in [6.07, 6.45) is 3.89. The monoisotopic (exact) mass is 410 g/mol. The molecular formula is C21H30N8O. The minimum absolute atomic E-state index is 0.247. The van der Waals surface area contributed by atoms with Gasteiger partial charge in [-0.1, -0.05) is 25.5 Å². The molecule has 3 heterocycles. The van der Waals surface area contributed by atoms with E-state index in [4.69, 9.17) is 10.5 Å². The van der Waals surface area contributed by atoms with Crippen molar-refractivity contribution in [1.29, 1.82) is 0 Å². The Morgan fingerprint density at radius 3 is 2.97 bits per heavy atom. The molecule has 1 unspecified atom stereocenters. The molecule has 0 bridgehead atoms. The number of hydrogen-bond acceptors (Lipinski definition) is 8. The van der Waals surface area contributed by atoms with Crippen molar-refractivity contribution in [2.24, 2.45) is 0 Å². The normalized spacial score (nSPS) is 16.7. The molecule has 2 aromatic heterocycles. The molecule has 1 saturated heterocycles. The van der Waals surface area contributed by atoms with Gasteiger partial charge in [-0.3, -0.25) is 4.68 Å². The molecular weight excluding hydrogens is 380 g/mol. The summed E-state index contributed by atoms with van der Waals surface area (Å²) in [6, 6.07) is 6.67. The lowest BCUT2D eigenvalue weighted by Gasteiger charge is -2.25. The standard InChI is InChI=1S/C21H30N8O/c1-3-4-7-25-20-19-17(27-21(22)28-20)12-26-29(19)13-15-6-5-14(10-18(15)30-2)16-11-23-8-9-24-16/h5-6,10,12,16,23-24H,3-4,7-9,11,13H2,1-2H3,(H3,22,25,27,28). The number of methoxy groups -OCH3 is 1. The van der Waals surface area contributed by atoms with Crippen molar-refractivity contribution in [2.75, 3.05) is 44.3 Å². The third kappa shape index (κ3) is 4.31. The van der Waals surface area contributed by atoms with Crippen LogP contribution < -0.4 is 26.4 Å². The van der Waals surface area contributed by atoms with Crippen molar-refractivity contribution in [1.82, 2.24) is 30.4 Å². The van der Waals surface area contributed by atoms with Gasteiger partial charge in [0.1, 0.15) is 16.8 Å². The van der Waals surface area contributed by atoms with E-state index < -0.39 is 0 Å².